The summed E-state index contributed by atoms with van der Waals surface area (Å²) in [6.45, 7) is 3.85. The lowest BCUT2D eigenvalue weighted by atomic mass is 10.1. The molecule has 1 aliphatic heterocycles. The van der Waals surface area contributed by atoms with E-state index < -0.39 is 54.1 Å². The molecule has 31 heavy (non-hydrogen) atoms. The fraction of sp³-hybridized carbons (Fsp3) is 0.556. The molecular weight excluding hydrogens is 422 g/mol. The number of fused-ring (bicyclic) bond motifs is 1. The number of carbonyl (C=O) groups excluding carboxylic acids is 3. The van der Waals surface area contributed by atoms with Gasteiger partial charge in [0.15, 0.2) is 24.1 Å². The van der Waals surface area contributed by atoms with Gasteiger partial charge in [-0.3, -0.25) is 19.0 Å². The zero-order valence-electron chi connectivity index (χ0n) is 17.1. The van der Waals surface area contributed by atoms with E-state index in [0.29, 0.717) is 6.92 Å². The molecular formula is C18H20F2N4O7. The van der Waals surface area contributed by atoms with Crippen molar-refractivity contribution in [2.75, 3.05) is 6.61 Å². The van der Waals surface area contributed by atoms with Crippen molar-refractivity contribution in [3.63, 3.8) is 0 Å². The van der Waals surface area contributed by atoms with Crippen molar-refractivity contribution in [3.05, 3.63) is 18.3 Å². The summed E-state index contributed by atoms with van der Waals surface area (Å²) in [7, 11) is 0. The Hall–Kier alpha value is -3.22. The highest BCUT2D eigenvalue weighted by molar-refractivity contribution is 5.74. The van der Waals surface area contributed by atoms with Gasteiger partial charge < -0.3 is 18.9 Å². The van der Waals surface area contributed by atoms with Crippen molar-refractivity contribution in [1.29, 1.82) is 0 Å². The van der Waals surface area contributed by atoms with Crippen LogP contribution in [0.1, 0.15) is 39.6 Å². The molecule has 3 heterocycles. The van der Waals surface area contributed by atoms with E-state index in [4.69, 9.17) is 18.9 Å². The van der Waals surface area contributed by atoms with Gasteiger partial charge >= 0.3 is 17.9 Å². The molecule has 1 fully saturated rings. The van der Waals surface area contributed by atoms with Gasteiger partial charge in [0.2, 0.25) is 0 Å². The van der Waals surface area contributed by atoms with Gasteiger partial charge in [0.25, 0.3) is 5.92 Å². The Morgan fingerprint density at radius 2 is 1.71 bits per heavy atom. The van der Waals surface area contributed by atoms with Crippen LogP contribution in [0.25, 0.3) is 11.2 Å². The first-order valence-corrected chi connectivity index (χ1v) is 9.18. The quantitative estimate of drug-likeness (QED) is 0.476. The van der Waals surface area contributed by atoms with Crippen LogP contribution in [0, 0.1) is 0 Å². The molecule has 0 N–H and O–H groups in total. The number of imidazole rings is 1. The number of carbonyl (C=O) groups is 3. The maximum Gasteiger partial charge on any atom is 0.303 e. The van der Waals surface area contributed by atoms with E-state index in [-0.39, 0.29) is 17.8 Å². The van der Waals surface area contributed by atoms with Crippen LogP contribution in [0.3, 0.4) is 0 Å². The number of alkyl halides is 2. The van der Waals surface area contributed by atoms with Crippen molar-refractivity contribution in [2.45, 2.75) is 58.2 Å². The summed E-state index contributed by atoms with van der Waals surface area (Å²) in [5, 5.41) is 0. The molecule has 2 aromatic rings. The molecule has 0 spiro atoms. The topological polar surface area (TPSA) is 132 Å². The predicted octanol–water partition coefficient (Wildman–Crippen LogP) is 1.26. The first-order chi connectivity index (χ1) is 14.5. The lowest BCUT2D eigenvalue weighted by molar-refractivity contribution is -0.166. The first kappa shape index (κ1) is 22.5. The van der Waals surface area contributed by atoms with Gasteiger partial charge in [-0.1, -0.05) is 0 Å². The molecule has 0 radical (unpaired) electrons. The summed E-state index contributed by atoms with van der Waals surface area (Å²) in [6, 6.07) is 0. The predicted molar refractivity (Wildman–Crippen MR) is 96.5 cm³/mol. The van der Waals surface area contributed by atoms with Crippen molar-refractivity contribution >= 4 is 29.1 Å². The molecule has 0 aliphatic carbocycles. The maximum absolute atomic E-state index is 13.9. The molecule has 0 aromatic carbocycles. The number of hydrogen-bond donors (Lipinski definition) is 0. The lowest BCUT2D eigenvalue weighted by Gasteiger charge is -2.23. The van der Waals surface area contributed by atoms with E-state index in [1.54, 1.807) is 0 Å². The van der Waals surface area contributed by atoms with Crippen molar-refractivity contribution < 1.29 is 42.1 Å². The number of esters is 3. The third kappa shape index (κ3) is 4.76. The average molecular weight is 442 g/mol. The normalized spacial score (nSPS) is 23.5. The van der Waals surface area contributed by atoms with Crippen LogP contribution >= 0.6 is 0 Å². The summed E-state index contributed by atoms with van der Waals surface area (Å²) in [5.74, 6) is -5.29. The van der Waals surface area contributed by atoms with Crippen LogP contribution in [0.4, 0.5) is 8.78 Å². The molecule has 0 saturated carbocycles. The number of rotatable bonds is 6. The highest BCUT2D eigenvalue weighted by Crippen LogP contribution is 2.37. The smallest absolute Gasteiger partial charge is 0.303 e. The number of halogens is 2. The van der Waals surface area contributed by atoms with E-state index in [9.17, 15) is 23.2 Å². The second kappa shape index (κ2) is 8.49. The molecule has 0 bridgehead atoms. The van der Waals surface area contributed by atoms with Gasteiger partial charge in [0.1, 0.15) is 30.2 Å². The molecule has 13 heteroatoms. The van der Waals surface area contributed by atoms with Gasteiger partial charge in [-0.05, 0) is 0 Å². The van der Waals surface area contributed by atoms with Gasteiger partial charge in [0, 0.05) is 27.7 Å². The molecule has 1 saturated heterocycles. The van der Waals surface area contributed by atoms with E-state index in [1.165, 1.54) is 17.8 Å². The van der Waals surface area contributed by atoms with Crippen molar-refractivity contribution in [1.82, 2.24) is 19.5 Å². The highest BCUT2D eigenvalue weighted by atomic mass is 19.3. The zero-order chi connectivity index (χ0) is 22.9. The van der Waals surface area contributed by atoms with Crippen LogP contribution in [-0.4, -0.2) is 62.3 Å². The summed E-state index contributed by atoms with van der Waals surface area (Å²) in [6.07, 6.45) is -2.38. The summed E-state index contributed by atoms with van der Waals surface area (Å²) in [5.41, 5.74) is -0.776. The minimum absolute atomic E-state index is 0.0108. The number of aromatic nitrogens is 4. The fourth-order valence-corrected chi connectivity index (χ4v) is 3.28. The van der Waals surface area contributed by atoms with E-state index in [1.807, 2.05) is 0 Å². The SMILES string of the molecule is CC(=O)OC[C@H]1O[C@@H](n2cnc3c(C(C)(F)F)ncnc32)[C@H](OC(C)=O)[C@@H]1OC(C)=O. The van der Waals surface area contributed by atoms with Crippen LogP contribution in [0.15, 0.2) is 12.7 Å². The minimum atomic E-state index is -3.29. The third-order valence-corrected chi connectivity index (χ3v) is 4.39. The average Bonchev–Trinajstić information content (AvgIpc) is 3.20. The molecule has 11 nitrogen and oxygen atoms in total. The largest absolute Gasteiger partial charge is 0.463 e. The fourth-order valence-electron chi connectivity index (χ4n) is 3.28. The van der Waals surface area contributed by atoms with Crippen LogP contribution in [0.5, 0.6) is 0 Å². The van der Waals surface area contributed by atoms with Crippen LogP contribution < -0.4 is 0 Å². The first-order valence-electron chi connectivity index (χ1n) is 9.18. The number of hydrogen-bond acceptors (Lipinski definition) is 10. The molecule has 168 valence electrons. The second-order valence-electron chi connectivity index (χ2n) is 6.95. The molecule has 0 unspecified atom stereocenters. The Labute approximate surface area is 174 Å². The molecule has 4 atom stereocenters. The van der Waals surface area contributed by atoms with Crippen LogP contribution in [-0.2, 0) is 39.3 Å². The van der Waals surface area contributed by atoms with Gasteiger partial charge in [-0.25, -0.2) is 15.0 Å². The third-order valence-electron chi connectivity index (χ3n) is 4.39. The van der Waals surface area contributed by atoms with Gasteiger partial charge in [0.05, 0.1) is 6.33 Å². The number of ether oxygens (including phenoxy) is 4. The second-order valence-corrected chi connectivity index (χ2v) is 6.95. The summed E-state index contributed by atoms with van der Waals surface area (Å²) in [4.78, 5) is 46.2. The van der Waals surface area contributed by atoms with Gasteiger partial charge in [-0.2, -0.15) is 8.78 Å². The Kier molecular flexibility index (Phi) is 6.15. The Bertz CT molecular complexity index is 1010. The molecule has 1 aliphatic rings. The highest BCUT2D eigenvalue weighted by Gasteiger charge is 2.51. The Balaban J connectivity index is 2.06. The molecule has 0 amide bonds. The van der Waals surface area contributed by atoms with Crippen LogP contribution in [0.2, 0.25) is 0 Å². The Morgan fingerprint density at radius 3 is 2.29 bits per heavy atom. The minimum Gasteiger partial charge on any atom is -0.463 e. The molecule has 2 aromatic heterocycles. The van der Waals surface area contributed by atoms with E-state index >= 15 is 0 Å². The van der Waals surface area contributed by atoms with Crippen molar-refractivity contribution in [3.8, 4) is 0 Å². The maximum atomic E-state index is 13.9. The lowest BCUT2D eigenvalue weighted by Crippen LogP contribution is -2.40. The summed E-state index contributed by atoms with van der Waals surface area (Å²) >= 11 is 0. The van der Waals surface area contributed by atoms with E-state index in [0.717, 1.165) is 20.2 Å². The molecule has 3 rings (SSSR count). The van der Waals surface area contributed by atoms with E-state index in [2.05, 4.69) is 15.0 Å². The zero-order valence-corrected chi connectivity index (χ0v) is 17.1. The Morgan fingerprint density at radius 1 is 1.06 bits per heavy atom. The monoisotopic (exact) mass is 442 g/mol. The number of nitrogens with zero attached hydrogens (tertiary/aromatic N) is 4. The van der Waals surface area contributed by atoms with Gasteiger partial charge in [-0.15, -0.1) is 0 Å². The van der Waals surface area contributed by atoms with Crippen molar-refractivity contribution in [2.24, 2.45) is 0 Å². The summed E-state index contributed by atoms with van der Waals surface area (Å²) < 4.78 is 50.5. The standard InChI is InChI=1S/C18H20F2N4O7/c1-8(25)28-5-11-13(29-9(2)26)14(30-10(3)27)17(31-11)24-7-23-12-15(18(4,19)20)21-6-22-16(12)24/h6-7,11,13-14,17H,5H2,1-4H3/t11-,13-,14-,17-/m1/s1.